The van der Waals surface area contributed by atoms with Crippen LogP contribution in [0, 0.1) is 5.92 Å². The minimum absolute atomic E-state index is 0.172. The molecule has 0 aromatic heterocycles. The highest BCUT2D eigenvalue weighted by molar-refractivity contribution is 5.48. The molecule has 0 aliphatic heterocycles. The second-order valence-electron chi connectivity index (χ2n) is 6.65. The maximum absolute atomic E-state index is 5.54. The Hall–Kier alpha value is -1.22. The van der Waals surface area contributed by atoms with Crippen LogP contribution in [0.3, 0.4) is 0 Å². The fraction of sp³-hybridized carbons (Fsp3) is 0.647. The van der Waals surface area contributed by atoms with Crippen LogP contribution in [-0.4, -0.2) is 26.3 Å². The number of nitrogens with one attached hydrogen (secondary N) is 1. The number of ether oxygens (including phenoxy) is 2. The van der Waals surface area contributed by atoms with E-state index in [1.54, 1.807) is 14.2 Å². The average molecular weight is 277 g/mol. The van der Waals surface area contributed by atoms with Crippen LogP contribution in [-0.2, 0) is 0 Å². The van der Waals surface area contributed by atoms with Crippen molar-refractivity contribution in [3.05, 3.63) is 23.8 Å². The second-order valence-corrected chi connectivity index (χ2v) is 6.65. The normalized spacial score (nSPS) is 22.2. The van der Waals surface area contributed by atoms with Crippen LogP contribution in [0.5, 0.6) is 11.5 Å². The highest BCUT2D eigenvalue weighted by Gasteiger charge is 2.36. The zero-order valence-corrected chi connectivity index (χ0v) is 13.3. The Morgan fingerprint density at radius 3 is 2.10 bits per heavy atom. The first kappa shape index (κ1) is 15.2. The van der Waals surface area contributed by atoms with E-state index in [-0.39, 0.29) is 5.54 Å². The largest absolute Gasteiger partial charge is 0.496 e. The van der Waals surface area contributed by atoms with Crippen LogP contribution in [0.2, 0.25) is 0 Å². The zero-order valence-electron chi connectivity index (χ0n) is 13.3. The molecule has 0 radical (unpaired) electrons. The highest BCUT2D eigenvalue weighted by atomic mass is 16.5. The number of hydrogen-bond acceptors (Lipinski definition) is 3. The van der Waals surface area contributed by atoms with Crippen molar-refractivity contribution in [2.75, 3.05) is 20.8 Å². The summed E-state index contributed by atoms with van der Waals surface area (Å²) in [5.74, 6) is 3.11. The average Bonchev–Trinajstić information content (AvgIpc) is 2.36. The van der Waals surface area contributed by atoms with E-state index >= 15 is 0 Å². The Kier molecular flexibility index (Phi) is 4.59. The molecule has 1 aromatic carbocycles. The van der Waals surface area contributed by atoms with Crippen LogP contribution < -0.4 is 14.8 Å². The Bertz CT molecular complexity index is 429. The molecule has 0 amide bonds. The lowest BCUT2D eigenvalue weighted by atomic mass is 9.69. The third-order valence-electron chi connectivity index (χ3n) is 4.15. The van der Waals surface area contributed by atoms with E-state index in [0.717, 1.165) is 18.0 Å². The lowest BCUT2D eigenvalue weighted by molar-refractivity contribution is 0.216. The molecule has 1 N–H and O–H groups in total. The highest BCUT2D eigenvalue weighted by Crippen LogP contribution is 2.49. The van der Waals surface area contributed by atoms with E-state index in [1.165, 1.54) is 18.4 Å². The standard InChI is InChI=1S/C17H27NO2/c1-17(2,3)18-11-12-9-10-13(12)16-14(19-4)7-6-8-15(16)20-5/h6-8,12-13,18H,9-11H2,1-5H3. The molecule has 0 saturated heterocycles. The van der Waals surface area contributed by atoms with Crippen LogP contribution in [0.25, 0.3) is 0 Å². The predicted octanol–water partition coefficient (Wildman–Crippen LogP) is 3.59. The Morgan fingerprint density at radius 2 is 1.70 bits per heavy atom. The number of methoxy groups -OCH3 is 2. The fourth-order valence-electron chi connectivity index (χ4n) is 2.88. The second kappa shape index (κ2) is 6.04. The third-order valence-corrected chi connectivity index (χ3v) is 4.15. The van der Waals surface area contributed by atoms with Gasteiger partial charge in [-0.25, -0.2) is 0 Å². The van der Waals surface area contributed by atoms with Gasteiger partial charge in [0, 0.05) is 11.1 Å². The minimum atomic E-state index is 0.172. The van der Waals surface area contributed by atoms with E-state index in [2.05, 4.69) is 26.1 Å². The van der Waals surface area contributed by atoms with E-state index in [4.69, 9.17) is 9.47 Å². The van der Waals surface area contributed by atoms with Gasteiger partial charge in [0.25, 0.3) is 0 Å². The SMILES string of the molecule is COc1cccc(OC)c1C1CCC1CNC(C)(C)C. The summed E-state index contributed by atoms with van der Waals surface area (Å²) in [6.45, 7) is 7.69. The summed E-state index contributed by atoms with van der Waals surface area (Å²) in [6.07, 6.45) is 2.49. The molecule has 1 fully saturated rings. The topological polar surface area (TPSA) is 30.5 Å². The maximum atomic E-state index is 5.54. The summed E-state index contributed by atoms with van der Waals surface area (Å²) in [5, 5.41) is 3.62. The van der Waals surface area contributed by atoms with Crippen molar-refractivity contribution in [2.45, 2.75) is 45.1 Å². The van der Waals surface area contributed by atoms with Gasteiger partial charge in [0.1, 0.15) is 11.5 Å². The minimum Gasteiger partial charge on any atom is -0.496 e. The number of benzene rings is 1. The molecule has 20 heavy (non-hydrogen) atoms. The molecule has 0 spiro atoms. The van der Waals surface area contributed by atoms with E-state index in [9.17, 15) is 0 Å². The molecule has 2 rings (SSSR count). The van der Waals surface area contributed by atoms with Crippen molar-refractivity contribution in [1.29, 1.82) is 0 Å². The Balaban J connectivity index is 2.15. The molecule has 3 heteroatoms. The van der Waals surface area contributed by atoms with Crippen LogP contribution >= 0.6 is 0 Å². The van der Waals surface area contributed by atoms with Crippen LogP contribution in [0.15, 0.2) is 18.2 Å². The number of hydrogen-bond donors (Lipinski definition) is 1. The molecular formula is C17H27NO2. The van der Waals surface area contributed by atoms with Gasteiger partial charge >= 0.3 is 0 Å². The van der Waals surface area contributed by atoms with Gasteiger partial charge < -0.3 is 14.8 Å². The predicted molar refractivity (Wildman–Crippen MR) is 82.8 cm³/mol. The first-order valence-corrected chi connectivity index (χ1v) is 7.42. The van der Waals surface area contributed by atoms with Gasteiger partial charge in [-0.3, -0.25) is 0 Å². The molecule has 1 aliphatic carbocycles. The first-order chi connectivity index (χ1) is 9.46. The summed E-state index contributed by atoms with van der Waals surface area (Å²) in [5.41, 5.74) is 1.41. The molecule has 2 atom stereocenters. The Labute approximate surface area is 122 Å². The van der Waals surface area contributed by atoms with Gasteiger partial charge in [0.15, 0.2) is 0 Å². The quantitative estimate of drug-likeness (QED) is 0.892. The van der Waals surface area contributed by atoms with Gasteiger partial charge in [-0.1, -0.05) is 6.07 Å². The van der Waals surface area contributed by atoms with Crippen LogP contribution in [0.4, 0.5) is 0 Å². The smallest absolute Gasteiger partial charge is 0.126 e. The van der Waals surface area contributed by atoms with Crippen LogP contribution in [0.1, 0.15) is 45.1 Å². The lowest BCUT2D eigenvalue weighted by Crippen LogP contribution is -2.43. The molecular weight excluding hydrogens is 250 g/mol. The molecule has 0 bridgehead atoms. The molecule has 1 aliphatic rings. The van der Waals surface area contributed by atoms with Gasteiger partial charge in [-0.15, -0.1) is 0 Å². The van der Waals surface area contributed by atoms with Crippen molar-refractivity contribution in [3.63, 3.8) is 0 Å². The molecule has 1 saturated carbocycles. The first-order valence-electron chi connectivity index (χ1n) is 7.42. The van der Waals surface area contributed by atoms with E-state index in [1.807, 2.05) is 18.2 Å². The maximum Gasteiger partial charge on any atom is 0.126 e. The molecule has 3 nitrogen and oxygen atoms in total. The molecule has 112 valence electrons. The van der Waals surface area contributed by atoms with Gasteiger partial charge in [-0.2, -0.15) is 0 Å². The lowest BCUT2D eigenvalue weighted by Gasteiger charge is -2.40. The molecule has 2 unspecified atom stereocenters. The summed E-state index contributed by atoms with van der Waals surface area (Å²) < 4.78 is 11.1. The monoisotopic (exact) mass is 277 g/mol. The van der Waals surface area contributed by atoms with E-state index < -0.39 is 0 Å². The van der Waals surface area contributed by atoms with Gasteiger partial charge in [0.05, 0.1) is 14.2 Å². The third kappa shape index (κ3) is 3.26. The Morgan fingerprint density at radius 1 is 1.10 bits per heavy atom. The van der Waals surface area contributed by atoms with Gasteiger partial charge in [0.2, 0.25) is 0 Å². The molecule has 1 aromatic rings. The van der Waals surface area contributed by atoms with Crippen molar-refractivity contribution < 1.29 is 9.47 Å². The summed E-state index contributed by atoms with van der Waals surface area (Å²) in [4.78, 5) is 0. The van der Waals surface area contributed by atoms with Crippen molar-refractivity contribution in [3.8, 4) is 11.5 Å². The number of rotatable bonds is 5. The fourth-order valence-corrected chi connectivity index (χ4v) is 2.88. The summed E-state index contributed by atoms with van der Waals surface area (Å²) in [7, 11) is 3.47. The van der Waals surface area contributed by atoms with E-state index in [0.29, 0.717) is 11.8 Å². The van der Waals surface area contributed by atoms with Crippen molar-refractivity contribution in [1.82, 2.24) is 5.32 Å². The van der Waals surface area contributed by atoms with Crippen molar-refractivity contribution in [2.24, 2.45) is 5.92 Å². The van der Waals surface area contributed by atoms with Gasteiger partial charge in [-0.05, 0) is 64.1 Å². The molecule has 0 heterocycles. The zero-order chi connectivity index (χ0) is 14.8. The summed E-state index contributed by atoms with van der Waals surface area (Å²) >= 11 is 0. The summed E-state index contributed by atoms with van der Waals surface area (Å²) in [6, 6.07) is 6.05. The van der Waals surface area contributed by atoms with Crippen molar-refractivity contribution >= 4 is 0 Å².